The second-order valence-corrected chi connectivity index (χ2v) is 2.81. The summed E-state index contributed by atoms with van der Waals surface area (Å²) in [5, 5.41) is 0. The lowest BCUT2D eigenvalue weighted by Gasteiger charge is -2.03. The summed E-state index contributed by atoms with van der Waals surface area (Å²) in [4.78, 5) is 11.0. The highest BCUT2D eigenvalue weighted by molar-refractivity contribution is 6.05. The van der Waals surface area contributed by atoms with Crippen molar-refractivity contribution in [2.45, 2.75) is 26.2 Å². The highest BCUT2D eigenvalue weighted by Gasteiger charge is 2.09. The Morgan fingerprint density at radius 3 is 2.83 bits per heavy atom. The Morgan fingerprint density at radius 1 is 1.42 bits per heavy atom. The molecule has 0 aliphatic heterocycles. The number of ketones is 1. The molecule has 0 atom stereocenters. The molecule has 2 heteroatoms. The van der Waals surface area contributed by atoms with E-state index >= 15 is 0 Å². The average molecular weight is 166 g/mol. The van der Waals surface area contributed by atoms with E-state index in [4.69, 9.17) is 4.74 Å². The van der Waals surface area contributed by atoms with Gasteiger partial charge in [0, 0.05) is 0 Å². The van der Waals surface area contributed by atoms with Crippen LogP contribution >= 0.6 is 0 Å². The van der Waals surface area contributed by atoms with Gasteiger partial charge in [0.1, 0.15) is 0 Å². The number of ether oxygens (including phenoxy) is 1. The first-order valence-electron chi connectivity index (χ1n) is 4.40. The van der Waals surface area contributed by atoms with Crippen molar-refractivity contribution in [3.05, 3.63) is 24.0 Å². The third-order valence-corrected chi connectivity index (χ3v) is 1.74. The molecule has 0 bridgehead atoms. The van der Waals surface area contributed by atoms with Crippen molar-refractivity contribution in [2.75, 3.05) is 6.61 Å². The van der Waals surface area contributed by atoms with E-state index in [-0.39, 0.29) is 5.78 Å². The fourth-order valence-corrected chi connectivity index (χ4v) is 1.04. The van der Waals surface area contributed by atoms with Crippen LogP contribution in [0, 0.1) is 0 Å². The third-order valence-electron chi connectivity index (χ3n) is 1.74. The minimum atomic E-state index is -0.00787. The van der Waals surface area contributed by atoms with Crippen LogP contribution in [0.15, 0.2) is 24.0 Å². The number of rotatable bonds is 5. The van der Waals surface area contributed by atoms with Crippen molar-refractivity contribution in [1.29, 1.82) is 0 Å². The Morgan fingerprint density at radius 2 is 2.25 bits per heavy atom. The van der Waals surface area contributed by atoms with E-state index in [2.05, 4.69) is 6.92 Å². The van der Waals surface area contributed by atoms with Crippen LogP contribution < -0.4 is 0 Å². The Bertz CT molecular complexity index is 214. The fraction of sp³-hybridized carbons (Fsp3) is 0.500. The highest BCUT2D eigenvalue weighted by Crippen LogP contribution is 2.08. The first kappa shape index (κ1) is 9.04. The monoisotopic (exact) mass is 166 g/mol. The molecule has 0 aromatic rings. The maximum Gasteiger partial charge on any atom is 0.220 e. The lowest BCUT2D eigenvalue weighted by Crippen LogP contribution is -2.01. The highest BCUT2D eigenvalue weighted by atomic mass is 16.5. The summed E-state index contributed by atoms with van der Waals surface area (Å²) < 4.78 is 5.27. The standard InChI is InChI=1S/C10H14O2/c1-2-3-4-8-12-10-7-5-6-9(10)11/h5-7H,2-4,8H2,1H3. The SMILES string of the molecule is CCCCCOC1=CC=CC1=O. The van der Waals surface area contributed by atoms with Gasteiger partial charge in [0.2, 0.25) is 5.78 Å². The molecular weight excluding hydrogens is 152 g/mol. The molecule has 0 saturated heterocycles. The first-order chi connectivity index (χ1) is 5.84. The Kier molecular flexibility index (Phi) is 3.58. The van der Waals surface area contributed by atoms with Crippen molar-refractivity contribution in [1.82, 2.24) is 0 Å². The Labute approximate surface area is 72.9 Å². The van der Waals surface area contributed by atoms with Gasteiger partial charge in [-0.25, -0.2) is 0 Å². The Hall–Kier alpha value is -1.05. The summed E-state index contributed by atoms with van der Waals surface area (Å²) in [5.41, 5.74) is 0. The fourth-order valence-electron chi connectivity index (χ4n) is 1.04. The molecule has 0 saturated carbocycles. The molecule has 0 fully saturated rings. The van der Waals surface area contributed by atoms with Crippen LogP contribution in [0.1, 0.15) is 26.2 Å². The van der Waals surface area contributed by atoms with Crippen molar-refractivity contribution in [2.24, 2.45) is 0 Å². The molecular formula is C10H14O2. The molecule has 2 nitrogen and oxygen atoms in total. The lowest BCUT2D eigenvalue weighted by atomic mass is 10.3. The van der Waals surface area contributed by atoms with Crippen molar-refractivity contribution >= 4 is 5.78 Å². The van der Waals surface area contributed by atoms with Gasteiger partial charge in [0.05, 0.1) is 6.61 Å². The quantitative estimate of drug-likeness (QED) is 0.585. The molecule has 0 aromatic heterocycles. The van der Waals surface area contributed by atoms with Crippen LogP contribution in [-0.2, 0) is 9.53 Å². The van der Waals surface area contributed by atoms with Crippen molar-refractivity contribution in [3.63, 3.8) is 0 Å². The van der Waals surface area contributed by atoms with Crippen molar-refractivity contribution in [3.8, 4) is 0 Å². The molecule has 0 spiro atoms. The zero-order valence-corrected chi connectivity index (χ0v) is 7.38. The molecule has 0 N–H and O–H groups in total. The van der Waals surface area contributed by atoms with E-state index < -0.39 is 0 Å². The molecule has 66 valence electrons. The van der Waals surface area contributed by atoms with Gasteiger partial charge in [-0.1, -0.05) is 25.8 Å². The second-order valence-electron chi connectivity index (χ2n) is 2.81. The van der Waals surface area contributed by atoms with Gasteiger partial charge in [-0.2, -0.15) is 0 Å². The summed E-state index contributed by atoms with van der Waals surface area (Å²) in [6.45, 7) is 2.80. The summed E-state index contributed by atoms with van der Waals surface area (Å²) in [7, 11) is 0. The largest absolute Gasteiger partial charge is 0.489 e. The predicted octanol–water partition coefficient (Wildman–Crippen LogP) is 2.22. The van der Waals surface area contributed by atoms with E-state index in [0.717, 1.165) is 12.8 Å². The van der Waals surface area contributed by atoms with E-state index in [9.17, 15) is 4.79 Å². The van der Waals surface area contributed by atoms with Gasteiger partial charge in [0.15, 0.2) is 5.76 Å². The van der Waals surface area contributed by atoms with Gasteiger partial charge in [0.25, 0.3) is 0 Å². The zero-order chi connectivity index (χ0) is 8.81. The van der Waals surface area contributed by atoms with Crippen LogP contribution in [0.5, 0.6) is 0 Å². The minimum Gasteiger partial charge on any atom is -0.489 e. The van der Waals surface area contributed by atoms with E-state index in [1.807, 2.05) is 0 Å². The van der Waals surface area contributed by atoms with Crippen LogP contribution in [0.3, 0.4) is 0 Å². The van der Waals surface area contributed by atoms with Crippen LogP contribution in [0.25, 0.3) is 0 Å². The minimum absolute atomic E-state index is 0.00787. The van der Waals surface area contributed by atoms with Gasteiger partial charge < -0.3 is 4.74 Å². The van der Waals surface area contributed by atoms with Crippen molar-refractivity contribution < 1.29 is 9.53 Å². The van der Waals surface area contributed by atoms with Crippen LogP contribution in [0.2, 0.25) is 0 Å². The summed E-state index contributed by atoms with van der Waals surface area (Å²) in [6.07, 6.45) is 8.32. The Balaban J connectivity index is 2.12. The van der Waals surface area contributed by atoms with Gasteiger partial charge in [-0.15, -0.1) is 0 Å². The van der Waals surface area contributed by atoms with E-state index in [0.29, 0.717) is 12.4 Å². The zero-order valence-electron chi connectivity index (χ0n) is 7.38. The number of hydrogen-bond acceptors (Lipinski definition) is 2. The number of carbonyl (C=O) groups is 1. The predicted molar refractivity (Wildman–Crippen MR) is 47.7 cm³/mol. The molecule has 1 aliphatic carbocycles. The van der Waals surface area contributed by atoms with Gasteiger partial charge in [-0.05, 0) is 18.6 Å². The van der Waals surface area contributed by atoms with Crippen LogP contribution in [-0.4, -0.2) is 12.4 Å². The summed E-state index contributed by atoms with van der Waals surface area (Å²) >= 11 is 0. The molecule has 0 radical (unpaired) electrons. The topological polar surface area (TPSA) is 26.3 Å². The number of allylic oxidation sites excluding steroid dienone is 3. The second kappa shape index (κ2) is 4.75. The summed E-state index contributed by atoms with van der Waals surface area (Å²) in [6, 6.07) is 0. The molecule has 0 aromatic carbocycles. The van der Waals surface area contributed by atoms with E-state index in [1.54, 1.807) is 12.2 Å². The maximum absolute atomic E-state index is 11.0. The molecule has 0 unspecified atom stereocenters. The third kappa shape index (κ3) is 2.53. The van der Waals surface area contributed by atoms with Crippen LogP contribution in [0.4, 0.5) is 0 Å². The number of hydrogen-bond donors (Lipinski definition) is 0. The molecule has 12 heavy (non-hydrogen) atoms. The molecule has 1 rings (SSSR count). The molecule has 0 heterocycles. The number of unbranched alkanes of at least 4 members (excludes halogenated alkanes) is 2. The van der Waals surface area contributed by atoms with Gasteiger partial charge in [-0.3, -0.25) is 4.79 Å². The molecule has 1 aliphatic rings. The maximum atomic E-state index is 11.0. The normalized spacial score (nSPS) is 15.1. The molecule has 0 amide bonds. The van der Waals surface area contributed by atoms with E-state index in [1.165, 1.54) is 12.5 Å². The first-order valence-corrected chi connectivity index (χ1v) is 4.40. The number of carbonyl (C=O) groups excluding carboxylic acids is 1. The average Bonchev–Trinajstić information content (AvgIpc) is 2.46. The summed E-state index contributed by atoms with van der Waals surface area (Å²) in [5.74, 6) is 0.484. The van der Waals surface area contributed by atoms with Gasteiger partial charge >= 0.3 is 0 Å². The smallest absolute Gasteiger partial charge is 0.220 e. The lowest BCUT2D eigenvalue weighted by molar-refractivity contribution is -0.114.